The standard InChI is InChI=1S/C12H12N2O/c1-9-6-7-14(13-9)12-5-3-4-11(8-12)10(2)15/h3-8H,1-2H3. The lowest BCUT2D eigenvalue weighted by Gasteiger charge is -2.02. The zero-order valence-electron chi connectivity index (χ0n) is 8.77. The summed E-state index contributed by atoms with van der Waals surface area (Å²) in [6.07, 6.45) is 1.88. The number of carbonyl (C=O) groups is 1. The molecule has 2 rings (SSSR count). The summed E-state index contributed by atoms with van der Waals surface area (Å²) in [6.45, 7) is 3.50. The van der Waals surface area contributed by atoms with Crippen molar-refractivity contribution in [2.75, 3.05) is 0 Å². The maximum absolute atomic E-state index is 11.2. The molecule has 0 unspecified atom stereocenters. The van der Waals surface area contributed by atoms with Gasteiger partial charge in [-0.2, -0.15) is 5.10 Å². The van der Waals surface area contributed by atoms with Crippen molar-refractivity contribution < 1.29 is 4.79 Å². The molecule has 0 spiro atoms. The van der Waals surface area contributed by atoms with Crippen LogP contribution in [0, 0.1) is 6.92 Å². The molecule has 0 bridgehead atoms. The molecule has 0 aliphatic rings. The van der Waals surface area contributed by atoms with E-state index in [9.17, 15) is 4.79 Å². The Morgan fingerprint density at radius 2 is 2.13 bits per heavy atom. The molecule has 1 aromatic heterocycles. The van der Waals surface area contributed by atoms with E-state index in [4.69, 9.17) is 0 Å². The van der Waals surface area contributed by atoms with E-state index in [2.05, 4.69) is 5.10 Å². The van der Waals surface area contributed by atoms with Gasteiger partial charge in [0.05, 0.1) is 11.4 Å². The molecular weight excluding hydrogens is 188 g/mol. The maximum Gasteiger partial charge on any atom is 0.159 e. The van der Waals surface area contributed by atoms with Gasteiger partial charge in [-0.15, -0.1) is 0 Å². The normalized spacial score (nSPS) is 10.3. The topological polar surface area (TPSA) is 34.9 Å². The Morgan fingerprint density at radius 3 is 2.73 bits per heavy atom. The molecule has 0 fully saturated rings. The highest BCUT2D eigenvalue weighted by molar-refractivity contribution is 5.94. The van der Waals surface area contributed by atoms with Crippen molar-refractivity contribution in [1.82, 2.24) is 9.78 Å². The SMILES string of the molecule is CC(=O)c1cccc(-n2ccc(C)n2)c1. The van der Waals surface area contributed by atoms with Crippen LogP contribution in [0.5, 0.6) is 0 Å². The first-order valence-electron chi connectivity index (χ1n) is 4.80. The third-order valence-electron chi connectivity index (χ3n) is 2.24. The number of hydrogen-bond donors (Lipinski definition) is 0. The summed E-state index contributed by atoms with van der Waals surface area (Å²) in [4.78, 5) is 11.2. The second-order valence-corrected chi connectivity index (χ2v) is 3.51. The summed E-state index contributed by atoms with van der Waals surface area (Å²) in [5.41, 5.74) is 2.58. The van der Waals surface area contributed by atoms with E-state index in [0.717, 1.165) is 11.4 Å². The van der Waals surface area contributed by atoms with Gasteiger partial charge in [-0.1, -0.05) is 12.1 Å². The van der Waals surface area contributed by atoms with Crippen LogP contribution in [0.3, 0.4) is 0 Å². The summed E-state index contributed by atoms with van der Waals surface area (Å²) in [5, 5.41) is 4.29. The van der Waals surface area contributed by atoms with Gasteiger partial charge in [-0.25, -0.2) is 4.68 Å². The van der Waals surface area contributed by atoms with Crippen LogP contribution in [0.1, 0.15) is 23.0 Å². The molecule has 0 atom stereocenters. The number of rotatable bonds is 2. The molecule has 3 heteroatoms. The Labute approximate surface area is 88.4 Å². The number of aryl methyl sites for hydroxylation is 1. The van der Waals surface area contributed by atoms with E-state index in [1.807, 2.05) is 43.5 Å². The van der Waals surface area contributed by atoms with Gasteiger partial charge in [-0.05, 0) is 32.0 Å². The first-order valence-corrected chi connectivity index (χ1v) is 4.80. The monoisotopic (exact) mass is 200 g/mol. The molecule has 0 saturated carbocycles. The Morgan fingerprint density at radius 1 is 1.33 bits per heavy atom. The zero-order valence-corrected chi connectivity index (χ0v) is 8.77. The predicted molar refractivity (Wildman–Crippen MR) is 58.3 cm³/mol. The van der Waals surface area contributed by atoms with Gasteiger partial charge in [-0.3, -0.25) is 4.79 Å². The number of carbonyl (C=O) groups excluding carboxylic acids is 1. The first kappa shape index (κ1) is 9.65. The molecule has 76 valence electrons. The lowest BCUT2D eigenvalue weighted by molar-refractivity contribution is 0.101. The Kier molecular flexibility index (Phi) is 2.37. The fraction of sp³-hybridized carbons (Fsp3) is 0.167. The Hall–Kier alpha value is -1.90. The maximum atomic E-state index is 11.2. The number of benzene rings is 1. The third kappa shape index (κ3) is 1.96. The van der Waals surface area contributed by atoms with Crippen LogP contribution >= 0.6 is 0 Å². The van der Waals surface area contributed by atoms with Crippen LogP contribution in [0.15, 0.2) is 36.5 Å². The van der Waals surface area contributed by atoms with Gasteiger partial charge in [0.1, 0.15) is 0 Å². The predicted octanol–water partition coefficient (Wildman–Crippen LogP) is 2.38. The van der Waals surface area contributed by atoms with Crippen LogP contribution in [0.2, 0.25) is 0 Å². The van der Waals surface area contributed by atoms with Crippen LogP contribution in [-0.2, 0) is 0 Å². The molecule has 0 aliphatic heterocycles. The first-order chi connectivity index (χ1) is 7.16. The summed E-state index contributed by atoms with van der Waals surface area (Å²) in [5.74, 6) is 0.0701. The van der Waals surface area contributed by atoms with Gasteiger partial charge < -0.3 is 0 Å². The minimum absolute atomic E-state index is 0.0701. The second kappa shape index (κ2) is 3.69. The van der Waals surface area contributed by atoms with Crippen molar-refractivity contribution in [3.63, 3.8) is 0 Å². The zero-order chi connectivity index (χ0) is 10.8. The average Bonchev–Trinajstić information content (AvgIpc) is 2.65. The fourth-order valence-corrected chi connectivity index (χ4v) is 1.43. The van der Waals surface area contributed by atoms with E-state index in [0.29, 0.717) is 5.56 Å². The van der Waals surface area contributed by atoms with Crippen LogP contribution in [0.4, 0.5) is 0 Å². The molecule has 1 aromatic carbocycles. The van der Waals surface area contributed by atoms with Crippen molar-refractivity contribution in [2.45, 2.75) is 13.8 Å². The molecule has 0 amide bonds. The summed E-state index contributed by atoms with van der Waals surface area (Å²) >= 11 is 0. The van der Waals surface area contributed by atoms with Gasteiger partial charge in [0, 0.05) is 11.8 Å². The van der Waals surface area contributed by atoms with Crippen LogP contribution < -0.4 is 0 Å². The minimum atomic E-state index is 0.0701. The van der Waals surface area contributed by atoms with Gasteiger partial charge in [0.25, 0.3) is 0 Å². The lowest BCUT2D eigenvalue weighted by atomic mass is 10.1. The van der Waals surface area contributed by atoms with Gasteiger partial charge in [0.2, 0.25) is 0 Å². The number of aromatic nitrogens is 2. The molecule has 15 heavy (non-hydrogen) atoms. The van der Waals surface area contributed by atoms with Gasteiger partial charge in [0.15, 0.2) is 5.78 Å². The van der Waals surface area contributed by atoms with E-state index < -0.39 is 0 Å². The van der Waals surface area contributed by atoms with Crippen molar-refractivity contribution in [1.29, 1.82) is 0 Å². The van der Waals surface area contributed by atoms with Gasteiger partial charge >= 0.3 is 0 Å². The van der Waals surface area contributed by atoms with Crippen molar-refractivity contribution in [3.05, 3.63) is 47.8 Å². The average molecular weight is 200 g/mol. The fourth-order valence-electron chi connectivity index (χ4n) is 1.43. The van der Waals surface area contributed by atoms with Crippen LogP contribution in [-0.4, -0.2) is 15.6 Å². The van der Waals surface area contributed by atoms with Crippen LogP contribution in [0.25, 0.3) is 5.69 Å². The smallest absolute Gasteiger partial charge is 0.159 e. The molecule has 0 radical (unpaired) electrons. The quantitative estimate of drug-likeness (QED) is 0.697. The minimum Gasteiger partial charge on any atom is -0.295 e. The summed E-state index contributed by atoms with van der Waals surface area (Å²) in [6, 6.07) is 9.37. The molecule has 0 saturated heterocycles. The number of hydrogen-bond acceptors (Lipinski definition) is 2. The van der Waals surface area contributed by atoms with E-state index in [1.165, 1.54) is 0 Å². The second-order valence-electron chi connectivity index (χ2n) is 3.51. The van der Waals surface area contributed by atoms with E-state index >= 15 is 0 Å². The van der Waals surface area contributed by atoms with Crippen molar-refractivity contribution >= 4 is 5.78 Å². The lowest BCUT2D eigenvalue weighted by Crippen LogP contribution is -1.98. The van der Waals surface area contributed by atoms with Crippen molar-refractivity contribution in [3.8, 4) is 5.69 Å². The largest absolute Gasteiger partial charge is 0.295 e. The number of ketones is 1. The van der Waals surface area contributed by atoms with E-state index in [1.54, 1.807) is 11.6 Å². The molecule has 3 nitrogen and oxygen atoms in total. The third-order valence-corrected chi connectivity index (χ3v) is 2.24. The molecule has 0 N–H and O–H groups in total. The number of nitrogens with zero attached hydrogens (tertiary/aromatic N) is 2. The Bertz CT molecular complexity index is 500. The molecule has 2 aromatic rings. The number of Topliss-reactive ketones (excluding diaryl/α,β-unsaturated/α-hetero) is 1. The molecule has 1 heterocycles. The Balaban J connectivity index is 2.45. The van der Waals surface area contributed by atoms with Crippen molar-refractivity contribution in [2.24, 2.45) is 0 Å². The highest BCUT2D eigenvalue weighted by atomic mass is 16.1. The highest BCUT2D eigenvalue weighted by Gasteiger charge is 2.02. The highest BCUT2D eigenvalue weighted by Crippen LogP contribution is 2.10. The molecular formula is C12H12N2O. The molecule has 0 aliphatic carbocycles. The summed E-state index contributed by atoms with van der Waals surface area (Å²) in [7, 11) is 0. The van der Waals surface area contributed by atoms with E-state index in [-0.39, 0.29) is 5.78 Å². The summed E-state index contributed by atoms with van der Waals surface area (Å²) < 4.78 is 1.77.